The second-order valence-corrected chi connectivity index (χ2v) is 5.92. The van der Waals surface area contributed by atoms with Gasteiger partial charge in [-0.25, -0.2) is 4.79 Å². The Labute approximate surface area is 145 Å². The second kappa shape index (κ2) is 10.2. The summed E-state index contributed by atoms with van der Waals surface area (Å²) in [4.78, 5) is 11.6. The molecule has 0 aliphatic rings. The van der Waals surface area contributed by atoms with E-state index in [-0.39, 0.29) is 30.1 Å². The van der Waals surface area contributed by atoms with Gasteiger partial charge in [0.25, 0.3) is 0 Å². The molecule has 0 aromatic heterocycles. The van der Waals surface area contributed by atoms with Crippen LogP contribution in [0.5, 0.6) is 5.75 Å². The van der Waals surface area contributed by atoms with Crippen LogP contribution in [0.4, 0.5) is 0 Å². The zero-order chi connectivity index (χ0) is 16.5. The quantitative estimate of drug-likeness (QED) is 0.357. The first-order valence-corrected chi connectivity index (χ1v) is 8.12. The van der Waals surface area contributed by atoms with Crippen LogP contribution in [0.2, 0.25) is 15.1 Å². The number of rotatable bonds is 9. The Hall–Kier alpha value is -0.680. The van der Waals surface area contributed by atoms with Gasteiger partial charge in [-0.2, -0.15) is 0 Å². The molecular weight excluding hydrogens is 351 g/mol. The number of carbonyl (C=O) groups excluding carboxylic acids is 1. The van der Waals surface area contributed by atoms with E-state index < -0.39 is 5.97 Å². The molecule has 0 bridgehead atoms. The van der Waals surface area contributed by atoms with E-state index in [1.54, 1.807) is 0 Å². The fraction of sp³-hybridized carbons (Fsp3) is 0.533. The van der Waals surface area contributed by atoms with Gasteiger partial charge in [0.1, 0.15) is 12.4 Å². The summed E-state index contributed by atoms with van der Waals surface area (Å²) in [7, 11) is 0. The van der Waals surface area contributed by atoms with E-state index in [4.69, 9.17) is 49.0 Å². The van der Waals surface area contributed by atoms with Crippen molar-refractivity contribution >= 4 is 40.8 Å². The van der Waals surface area contributed by atoms with Crippen molar-refractivity contribution in [1.82, 2.24) is 0 Å². The minimum atomic E-state index is -0.506. The normalized spacial score (nSPS) is 12.0. The third-order valence-electron chi connectivity index (χ3n) is 2.70. The summed E-state index contributed by atoms with van der Waals surface area (Å²) in [6, 6.07) is 2.91. The lowest BCUT2D eigenvalue weighted by atomic mass is 10.3. The molecule has 0 saturated carbocycles. The van der Waals surface area contributed by atoms with Crippen molar-refractivity contribution < 1.29 is 19.0 Å². The van der Waals surface area contributed by atoms with Gasteiger partial charge in [-0.3, -0.25) is 0 Å². The SMILES string of the molecule is CCCCO[C@@H](C)COC(=O)COc1cc(Cl)c(Cl)cc1Cl. The maximum absolute atomic E-state index is 11.6. The molecule has 124 valence electrons. The number of hydrogen-bond donors (Lipinski definition) is 0. The van der Waals surface area contributed by atoms with Crippen LogP contribution in [0.3, 0.4) is 0 Å². The highest BCUT2D eigenvalue weighted by Crippen LogP contribution is 2.33. The van der Waals surface area contributed by atoms with Crippen molar-refractivity contribution in [3.63, 3.8) is 0 Å². The van der Waals surface area contributed by atoms with Crippen LogP contribution < -0.4 is 4.74 Å². The summed E-state index contributed by atoms with van der Waals surface area (Å²) >= 11 is 17.6. The number of ether oxygens (including phenoxy) is 3. The van der Waals surface area contributed by atoms with Crippen molar-refractivity contribution in [2.75, 3.05) is 19.8 Å². The molecule has 0 N–H and O–H groups in total. The second-order valence-electron chi connectivity index (χ2n) is 4.70. The Morgan fingerprint density at radius 2 is 1.86 bits per heavy atom. The van der Waals surface area contributed by atoms with Gasteiger partial charge in [0.15, 0.2) is 6.61 Å². The number of hydrogen-bond acceptors (Lipinski definition) is 4. The van der Waals surface area contributed by atoms with Crippen molar-refractivity contribution in [3.05, 3.63) is 27.2 Å². The van der Waals surface area contributed by atoms with Crippen LogP contribution in [-0.2, 0) is 14.3 Å². The summed E-state index contributed by atoms with van der Waals surface area (Å²) in [6.45, 7) is 4.50. The van der Waals surface area contributed by atoms with Gasteiger partial charge in [-0.1, -0.05) is 48.1 Å². The van der Waals surface area contributed by atoms with E-state index in [0.717, 1.165) is 12.8 Å². The standard InChI is InChI=1S/C15H19Cl3O4/c1-3-4-5-20-10(2)8-22-15(19)9-21-14-7-12(17)11(16)6-13(14)18/h6-7,10H,3-5,8-9H2,1-2H3/t10-/m0/s1. The maximum Gasteiger partial charge on any atom is 0.344 e. The number of esters is 1. The van der Waals surface area contributed by atoms with E-state index in [1.807, 2.05) is 6.92 Å². The number of benzene rings is 1. The highest BCUT2D eigenvalue weighted by Gasteiger charge is 2.11. The van der Waals surface area contributed by atoms with Crippen LogP contribution >= 0.6 is 34.8 Å². The average Bonchev–Trinajstić information content (AvgIpc) is 2.47. The van der Waals surface area contributed by atoms with Crippen molar-refractivity contribution in [2.45, 2.75) is 32.8 Å². The van der Waals surface area contributed by atoms with Gasteiger partial charge in [-0.05, 0) is 19.4 Å². The molecule has 0 heterocycles. The van der Waals surface area contributed by atoms with E-state index in [0.29, 0.717) is 16.7 Å². The molecular formula is C15H19Cl3O4. The third-order valence-corrected chi connectivity index (χ3v) is 3.72. The number of halogens is 3. The average molecular weight is 370 g/mol. The van der Waals surface area contributed by atoms with Gasteiger partial charge < -0.3 is 14.2 Å². The van der Waals surface area contributed by atoms with Crippen LogP contribution in [0, 0.1) is 0 Å². The van der Waals surface area contributed by atoms with Gasteiger partial charge in [0.2, 0.25) is 0 Å². The fourth-order valence-electron chi connectivity index (χ4n) is 1.48. The van der Waals surface area contributed by atoms with Crippen LogP contribution in [0.25, 0.3) is 0 Å². The lowest BCUT2D eigenvalue weighted by molar-refractivity contribution is -0.149. The summed E-state index contributed by atoms with van der Waals surface area (Å²) in [5, 5.41) is 0.894. The Bertz CT molecular complexity index is 494. The molecule has 0 saturated heterocycles. The lowest BCUT2D eigenvalue weighted by Gasteiger charge is -2.14. The molecule has 0 aliphatic carbocycles. The van der Waals surface area contributed by atoms with E-state index in [2.05, 4.69) is 6.92 Å². The Morgan fingerprint density at radius 1 is 1.18 bits per heavy atom. The van der Waals surface area contributed by atoms with Gasteiger partial charge in [0, 0.05) is 12.7 Å². The predicted octanol–water partition coefficient (Wildman–Crippen LogP) is 4.77. The molecule has 7 heteroatoms. The van der Waals surface area contributed by atoms with Crippen molar-refractivity contribution in [3.8, 4) is 5.75 Å². The number of unbranched alkanes of at least 4 members (excludes halogenated alkanes) is 1. The molecule has 0 amide bonds. The van der Waals surface area contributed by atoms with Gasteiger partial charge >= 0.3 is 5.97 Å². The molecule has 0 spiro atoms. The Balaban J connectivity index is 2.33. The van der Waals surface area contributed by atoms with Crippen LogP contribution in [0.15, 0.2) is 12.1 Å². The molecule has 1 aromatic carbocycles. The van der Waals surface area contributed by atoms with Crippen molar-refractivity contribution in [1.29, 1.82) is 0 Å². The summed E-state index contributed by atoms with van der Waals surface area (Å²) in [5.41, 5.74) is 0. The first kappa shape index (κ1) is 19.4. The lowest BCUT2D eigenvalue weighted by Crippen LogP contribution is -2.22. The molecule has 4 nitrogen and oxygen atoms in total. The summed E-state index contributed by atoms with van der Waals surface area (Å²) in [6.07, 6.45) is 1.89. The molecule has 0 aliphatic heterocycles. The molecule has 0 unspecified atom stereocenters. The molecule has 22 heavy (non-hydrogen) atoms. The predicted molar refractivity (Wildman–Crippen MR) is 88.2 cm³/mol. The van der Waals surface area contributed by atoms with Crippen LogP contribution in [0.1, 0.15) is 26.7 Å². The fourth-order valence-corrected chi connectivity index (χ4v) is 2.07. The Morgan fingerprint density at radius 3 is 2.55 bits per heavy atom. The van der Waals surface area contributed by atoms with E-state index >= 15 is 0 Å². The molecule has 1 aromatic rings. The highest BCUT2D eigenvalue weighted by molar-refractivity contribution is 6.43. The highest BCUT2D eigenvalue weighted by atomic mass is 35.5. The molecule has 1 atom stereocenters. The summed E-state index contributed by atoms with van der Waals surface area (Å²) < 4.78 is 15.8. The Kier molecular flexibility index (Phi) is 8.95. The minimum absolute atomic E-state index is 0.149. The molecule has 1 rings (SSSR count). The smallest absolute Gasteiger partial charge is 0.344 e. The van der Waals surface area contributed by atoms with Gasteiger partial charge in [-0.15, -0.1) is 0 Å². The molecule has 0 fully saturated rings. The first-order chi connectivity index (χ1) is 10.4. The van der Waals surface area contributed by atoms with E-state index in [1.165, 1.54) is 12.1 Å². The van der Waals surface area contributed by atoms with Crippen LogP contribution in [-0.4, -0.2) is 31.9 Å². The largest absolute Gasteiger partial charge is 0.480 e. The van der Waals surface area contributed by atoms with E-state index in [9.17, 15) is 4.79 Å². The first-order valence-electron chi connectivity index (χ1n) is 6.98. The zero-order valence-electron chi connectivity index (χ0n) is 12.5. The third kappa shape index (κ3) is 7.05. The zero-order valence-corrected chi connectivity index (χ0v) is 14.8. The van der Waals surface area contributed by atoms with Crippen molar-refractivity contribution in [2.24, 2.45) is 0 Å². The maximum atomic E-state index is 11.6. The number of carbonyl (C=O) groups is 1. The monoisotopic (exact) mass is 368 g/mol. The minimum Gasteiger partial charge on any atom is -0.480 e. The summed E-state index contributed by atoms with van der Waals surface area (Å²) in [5.74, 6) is -0.228. The van der Waals surface area contributed by atoms with Gasteiger partial charge in [0.05, 0.1) is 21.2 Å². The topological polar surface area (TPSA) is 44.8 Å². The molecule has 0 radical (unpaired) electrons.